The number of ether oxygens (including phenoxy) is 1. The van der Waals surface area contributed by atoms with Crippen LogP contribution < -0.4 is 4.74 Å². The topological polar surface area (TPSA) is 45.9 Å². The highest BCUT2D eigenvalue weighted by Crippen LogP contribution is 2.35. The number of aromatic nitrogens is 1. The van der Waals surface area contributed by atoms with Crippen molar-refractivity contribution in [1.82, 2.24) is 4.98 Å². The molecule has 0 atom stereocenters. The number of hydrogen-bond acceptors (Lipinski definition) is 3. The SMILES string of the molecule is COc1ncc(C#N)cc1-c1ccc(Cl)cc1Cl. The first-order valence-corrected chi connectivity index (χ1v) is 5.81. The van der Waals surface area contributed by atoms with Crippen LogP contribution in [-0.4, -0.2) is 12.1 Å². The highest BCUT2D eigenvalue weighted by Gasteiger charge is 2.12. The quantitative estimate of drug-likeness (QED) is 0.836. The van der Waals surface area contributed by atoms with E-state index in [0.717, 1.165) is 5.56 Å². The molecular formula is C13H8Cl2N2O. The van der Waals surface area contributed by atoms with Crippen LogP contribution in [0, 0.1) is 11.3 Å². The van der Waals surface area contributed by atoms with Crippen LogP contribution in [0.2, 0.25) is 10.0 Å². The molecule has 90 valence electrons. The molecule has 0 amide bonds. The average molecular weight is 279 g/mol. The molecule has 2 aromatic rings. The molecule has 0 aliphatic rings. The van der Waals surface area contributed by atoms with Crippen molar-refractivity contribution in [3.05, 3.63) is 46.1 Å². The third-order valence-corrected chi connectivity index (χ3v) is 2.94. The molecule has 1 heterocycles. The third-order valence-electron chi connectivity index (χ3n) is 2.39. The van der Waals surface area contributed by atoms with Gasteiger partial charge in [-0.25, -0.2) is 4.98 Å². The van der Waals surface area contributed by atoms with Gasteiger partial charge in [0.25, 0.3) is 0 Å². The molecule has 0 spiro atoms. The fourth-order valence-electron chi connectivity index (χ4n) is 1.58. The summed E-state index contributed by atoms with van der Waals surface area (Å²) in [5, 5.41) is 9.93. The zero-order valence-electron chi connectivity index (χ0n) is 9.45. The first-order valence-electron chi connectivity index (χ1n) is 5.05. The maximum absolute atomic E-state index is 8.90. The summed E-state index contributed by atoms with van der Waals surface area (Å²) in [5.41, 5.74) is 1.83. The number of benzene rings is 1. The lowest BCUT2D eigenvalue weighted by atomic mass is 10.1. The number of nitrogens with zero attached hydrogens (tertiary/aromatic N) is 2. The van der Waals surface area contributed by atoms with Crippen molar-refractivity contribution in [2.45, 2.75) is 0 Å². The van der Waals surface area contributed by atoms with Crippen LogP contribution >= 0.6 is 23.2 Å². The normalized spacial score (nSPS) is 9.89. The summed E-state index contributed by atoms with van der Waals surface area (Å²) in [6, 6.07) is 8.84. The Morgan fingerprint density at radius 3 is 2.61 bits per heavy atom. The van der Waals surface area contributed by atoms with Gasteiger partial charge >= 0.3 is 0 Å². The van der Waals surface area contributed by atoms with Gasteiger partial charge in [0.15, 0.2) is 0 Å². The van der Waals surface area contributed by atoms with E-state index in [1.165, 1.54) is 13.3 Å². The minimum absolute atomic E-state index is 0.415. The van der Waals surface area contributed by atoms with E-state index < -0.39 is 0 Å². The highest BCUT2D eigenvalue weighted by atomic mass is 35.5. The molecule has 1 aromatic heterocycles. The smallest absolute Gasteiger partial charge is 0.221 e. The predicted octanol–water partition coefficient (Wildman–Crippen LogP) is 3.94. The molecule has 5 heteroatoms. The number of methoxy groups -OCH3 is 1. The molecule has 0 aliphatic carbocycles. The molecule has 2 rings (SSSR count). The second-order valence-electron chi connectivity index (χ2n) is 3.52. The Bertz CT molecular complexity index is 635. The van der Waals surface area contributed by atoms with E-state index in [9.17, 15) is 0 Å². The monoisotopic (exact) mass is 278 g/mol. The Morgan fingerprint density at radius 1 is 1.22 bits per heavy atom. The number of rotatable bonds is 2. The largest absolute Gasteiger partial charge is 0.481 e. The Kier molecular flexibility index (Phi) is 3.71. The summed E-state index contributed by atoms with van der Waals surface area (Å²) in [7, 11) is 1.52. The van der Waals surface area contributed by atoms with Gasteiger partial charge in [-0.3, -0.25) is 0 Å². The number of hydrogen-bond donors (Lipinski definition) is 0. The van der Waals surface area contributed by atoms with Gasteiger partial charge in [-0.1, -0.05) is 29.3 Å². The number of nitriles is 1. The maximum Gasteiger partial charge on any atom is 0.221 e. The summed E-state index contributed by atoms with van der Waals surface area (Å²) in [4.78, 5) is 4.07. The van der Waals surface area contributed by atoms with E-state index in [1.807, 2.05) is 6.07 Å². The molecule has 0 N–H and O–H groups in total. The van der Waals surface area contributed by atoms with Gasteiger partial charge in [-0.15, -0.1) is 0 Å². The molecule has 1 aromatic carbocycles. The second kappa shape index (κ2) is 5.26. The third kappa shape index (κ3) is 2.40. The summed E-state index contributed by atoms with van der Waals surface area (Å²) in [6.07, 6.45) is 1.45. The van der Waals surface area contributed by atoms with Gasteiger partial charge < -0.3 is 4.74 Å². The van der Waals surface area contributed by atoms with Gasteiger partial charge in [-0.05, 0) is 18.2 Å². The first kappa shape index (κ1) is 12.7. The molecule has 0 saturated carbocycles. The predicted molar refractivity (Wildman–Crippen MR) is 71.0 cm³/mol. The van der Waals surface area contributed by atoms with Gasteiger partial charge in [0, 0.05) is 22.3 Å². The Labute approximate surface area is 115 Å². The van der Waals surface area contributed by atoms with Crippen molar-refractivity contribution in [3.8, 4) is 23.1 Å². The van der Waals surface area contributed by atoms with Gasteiger partial charge in [0.2, 0.25) is 5.88 Å². The molecule has 0 saturated heterocycles. The molecule has 0 radical (unpaired) electrons. The Balaban J connectivity index is 2.65. The first-order chi connectivity index (χ1) is 8.65. The van der Waals surface area contributed by atoms with Crippen molar-refractivity contribution >= 4 is 23.2 Å². The van der Waals surface area contributed by atoms with Crippen LogP contribution in [0.15, 0.2) is 30.5 Å². The van der Waals surface area contributed by atoms with E-state index >= 15 is 0 Å². The van der Waals surface area contributed by atoms with Gasteiger partial charge in [-0.2, -0.15) is 5.26 Å². The van der Waals surface area contributed by atoms with E-state index in [-0.39, 0.29) is 0 Å². The van der Waals surface area contributed by atoms with Crippen LogP contribution in [0.25, 0.3) is 11.1 Å². The molecular weight excluding hydrogens is 271 g/mol. The standard InChI is InChI=1S/C13H8Cl2N2O/c1-18-13-11(4-8(6-16)7-17-13)10-3-2-9(14)5-12(10)15/h2-5,7H,1H3. The fraction of sp³-hybridized carbons (Fsp3) is 0.0769. The van der Waals surface area contributed by atoms with Crippen molar-refractivity contribution in [1.29, 1.82) is 5.26 Å². The van der Waals surface area contributed by atoms with Gasteiger partial charge in [0.05, 0.1) is 17.7 Å². The van der Waals surface area contributed by atoms with E-state index in [2.05, 4.69) is 4.98 Å². The lowest BCUT2D eigenvalue weighted by Crippen LogP contribution is -1.93. The van der Waals surface area contributed by atoms with E-state index in [4.69, 9.17) is 33.2 Å². The lowest BCUT2D eigenvalue weighted by Gasteiger charge is -2.09. The van der Waals surface area contributed by atoms with Crippen LogP contribution in [-0.2, 0) is 0 Å². The summed E-state index contributed by atoms with van der Waals surface area (Å²) < 4.78 is 5.17. The molecule has 0 fully saturated rings. The molecule has 0 aliphatic heterocycles. The molecule has 0 unspecified atom stereocenters. The van der Waals surface area contributed by atoms with Crippen molar-refractivity contribution in [2.24, 2.45) is 0 Å². The van der Waals surface area contributed by atoms with Crippen LogP contribution in [0.3, 0.4) is 0 Å². The second-order valence-corrected chi connectivity index (χ2v) is 4.36. The molecule has 3 nitrogen and oxygen atoms in total. The van der Waals surface area contributed by atoms with Crippen molar-refractivity contribution in [3.63, 3.8) is 0 Å². The number of pyridine rings is 1. The maximum atomic E-state index is 8.90. The molecule has 0 bridgehead atoms. The van der Waals surface area contributed by atoms with Crippen molar-refractivity contribution < 1.29 is 4.74 Å². The number of halogens is 2. The van der Waals surface area contributed by atoms with Crippen LogP contribution in [0.5, 0.6) is 5.88 Å². The Morgan fingerprint density at radius 2 is 2.00 bits per heavy atom. The summed E-state index contributed by atoms with van der Waals surface area (Å²) >= 11 is 12.0. The lowest BCUT2D eigenvalue weighted by molar-refractivity contribution is 0.399. The van der Waals surface area contributed by atoms with Crippen LogP contribution in [0.1, 0.15) is 5.56 Å². The minimum atomic E-state index is 0.415. The van der Waals surface area contributed by atoms with Crippen LogP contribution in [0.4, 0.5) is 0 Å². The van der Waals surface area contributed by atoms with Crippen molar-refractivity contribution in [2.75, 3.05) is 7.11 Å². The van der Waals surface area contributed by atoms with Gasteiger partial charge in [0.1, 0.15) is 6.07 Å². The fourth-order valence-corrected chi connectivity index (χ4v) is 2.09. The van der Waals surface area contributed by atoms with E-state index in [1.54, 1.807) is 24.3 Å². The summed E-state index contributed by atoms with van der Waals surface area (Å²) in [6.45, 7) is 0. The molecule has 18 heavy (non-hydrogen) atoms. The Hall–Kier alpha value is -1.76. The zero-order valence-corrected chi connectivity index (χ0v) is 11.0. The van der Waals surface area contributed by atoms with E-state index in [0.29, 0.717) is 27.1 Å². The minimum Gasteiger partial charge on any atom is -0.481 e. The summed E-state index contributed by atoms with van der Waals surface area (Å²) in [5.74, 6) is 0.415. The highest BCUT2D eigenvalue weighted by molar-refractivity contribution is 6.36. The average Bonchev–Trinajstić information content (AvgIpc) is 2.38. The zero-order chi connectivity index (χ0) is 13.1.